The maximum Gasteiger partial charge on any atom is 0.332 e. The first kappa shape index (κ1) is 21.3. The molecule has 166 valence electrons. The fourth-order valence-corrected chi connectivity index (χ4v) is 4.63. The molecule has 0 radical (unpaired) electrons. The van der Waals surface area contributed by atoms with Crippen LogP contribution in [0.4, 0.5) is 23.1 Å². The lowest BCUT2D eigenvalue weighted by Crippen LogP contribution is -2.27. The first-order valence-corrected chi connectivity index (χ1v) is 11.1. The van der Waals surface area contributed by atoms with E-state index in [0.717, 1.165) is 44.3 Å². The molecule has 1 saturated carbocycles. The average Bonchev–Trinajstić information content (AvgIpc) is 3.29. The summed E-state index contributed by atoms with van der Waals surface area (Å²) in [5, 5.41) is 14.8. The molecule has 2 heterocycles. The monoisotopic (exact) mass is 425 g/mol. The molecule has 1 saturated heterocycles. The summed E-state index contributed by atoms with van der Waals surface area (Å²) < 4.78 is 0. The Morgan fingerprint density at radius 2 is 1.90 bits per heavy atom. The van der Waals surface area contributed by atoms with E-state index in [1.165, 1.54) is 18.5 Å². The minimum Gasteiger partial charge on any atom is -0.378 e. The summed E-state index contributed by atoms with van der Waals surface area (Å²) in [4.78, 5) is 22.2. The summed E-state index contributed by atoms with van der Waals surface area (Å²) in [5.41, 5.74) is 14.5. The van der Waals surface area contributed by atoms with Gasteiger partial charge in [0.15, 0.2) is 0 Å². The van der Waals surface area contributed by atoms with Crippen LogP contribution in [0.25, 0.3) is 0 Å². The van der Waals surface area contributed by atoms with Crippen LogP contribution >= 0.6 is 0 Å². The molecule has 0 unspecified atom stereocenters. The number of nitrogen functional groups attached to an aromatic ring is 1. The number of benzene rings is 1. The second-order valence-corrected chi connectivity index (χ2v) is 8.69. The van der Waals surface area contributed by atoms with Gasteiger partial charge in [-0.1, -0.05) is 12.1 Å². The average molecular weight is 426 g/mol. The highest BCUT2D eigenvalue weighted by Gasteiger charge is 2.27. The third kappa shape index (κ3) is 5.22. The van der Waals surface area contributed by atoms with Crippen molar-refractivity contribution >= 4 is 23.1 Å². The lowest BCUT2D eigenvalue weighted by atomic mass is 9.83. The third-order valence-corrected chi connectivity index (χ3v) is 6.37. The van der Waals surface area contributed by atoms with Crippen LogP contribution in [0.15, 0.2) is 24.3 Å². The molecule has 2 aromatic rings. The van der Waals surface area contributed by atoms with Crippen LogP contribution in [0.2, 0.25) is 0 Å². The number of rotatable bonds is 7. The summed E-state index contributed by atoms with van der Waals surface area (Å²) in [6.07, 6.45) is 6.77. The highest BCUT2D eigenvalue weighted by atomic mass is 16.6. The molecule has 9 nitrogen and oxygen atoms in total. The van der Waals surface area contributed by atoms with E-state index < -0.39 is 4.92 Å². The highest BCUT2D eigenvalue weighted by Crippen LogP contribution is 2.32. The van der Waals surface area contributed by atoms with E-state index in [1.54, 1.807) is 0 Å². The van der Waals surface area contributed by atoms with Crippen molar-refractivity contribution in [3.8, 4) is 0 Å². The Morgan fingerprint density at radius 1 is 1.16 bits per heavy atom. The zero-order valence-electron chi connectivity index (χ0n) is 17.8. The Balaban J connectivity index is 1.48. The van der Waals surface area contributed by atoms with Crippen LogP contribution < -0.4 is 21.7 Å². The van der Waals surface area contributed by atoms with E-state index in [1.807, 2.05) is 6.07 Å². The zero-order valence-corrected chi connectivity index (χ0v) is 17.8. The van der Waals surface area contributed by atoms with Gasteiger partial charge in [-0.25, -0.2) is 4.98 Å². The van der Waals surface area contributed by atoms with E-state index in [4.69, 9.17) is 11.5 Å². The molecule has 5 N–H and O–H groups in total. The highest BCUT2D eigenvalue weighted by molar-refractivity contribution is 5.58. The van der Waals surface area contributed by atoms with Gasteiger partial charge in [0.25, 0.3) is 0 Å². The molecular formula is C22H31N7O2. The molecule has 2 fully saturated rings. The van der Waals surface area contributed by atoms with Gasteiger partial charge in [-0.15, -0.1) is 0 Å². The van der Waals surface area contributed by atoms with Crippen LogP contribution in [-0.4, -0.2) is 34.0 Å². The van der Waals surface area contributed by atoms with Crippen LogP contribution in [0.1, 0.15) is 49.8 Å². The van der Waals surface area contributed by atoms with Gasteiger partial charge >= 0.3 is 5.69 Å². The molecule has 2 aliphatic rings. The lowest BCUT2D eigenvalue weighted by Gasteiger charge is -2.25. The van der Waals surface area contributed by atoms with Crippen molar-refractivity contribution in [2.24, 2.45) is 11.7 Å². The molecule has 0 bridgehead atoms. The second kappa shape index (κ2) is 9.47. The minimum atomic E-state index is -0.470. The fourth-order valence-electron chi connectivity index (χ4n) is 4.63. The summed E-state index contributed by atoms with van der Waals surface area (Å²) in [7, 11) is 0. The Hall–Kier alpha value is -2.94. The summed E-state index contributed by atoms with van der Waals surface area (Å²) >= 11 is 0. The predicted octanol–water partition coefficient (Wildman–Crippen LogP) is 3.24. The Kier molecular flexibility index (Phi) is 6.50. The third-order valence-electron chi connectivity index (χ3n) is 6.37. The van der Waals surface area contributed by atoms with Gasteiger partial charge in [0, 0.05) is 31.4 Å². The van der Waals surface area contributed by atoms with Crippen molar-refractivity contribution < 1.29 is 4.92 Å². The lowest BCUT2D eigenvalue weighted by molar-refractivity contribution is -0.385. The summed E-state index contributed by atoms with van der Waals surface area (Å²) in [6, 6.07) is 8.63. The quantitative estimate of drug-likeness (QED) is 0.454. The van der Waals surface area contributed by atoms with E-state index >= 15 is 0 Å². The van der Waals surface area contributed by atoms with Crippen LogP contribution in [0.3, 0.4) is 0 Å². The van der Waals surface area contributed by atoms with E-state index in [-0.39, 0.29) is 17.5 Å². The first-order valence-electron chi connectivity index (χ1n) is 11.1. The molecule has 0 spiro atoms. The number of nitrogens with zero attached hydrogens (tertiary/aromatic N) is 4. The molecule has 1 aliphatic heterocycles. The zero-order chi connectivity index (χ0) is 21.8. The van der Waals surface area contributed by atoms with Crippen LogP contribution in [0.5, 0.6) is 0 Å². The molecule has 4 rings (SSSR count). The van der Waals surface area contributed by atoms with Crippen molar-refractivity contribution in [3.05, 3.63) is 45.6 Å². The Labute approximate surface area is 182 Å². The first-order chi connectivity index (χ1) is 15.0. The van der Waals surface area contributed by atoms with E-state index in [2.05, 4.69) is 38.4 Å². The van der Waals surface area contributed by atoms with Gasteiger partial charge in [-0.2, -0.15) is 4.98 Å². The number of anilines is 3. The number of nitrogens with two attached hydrogens (primary N) is 2. The van der Waals surface area contributed by atoms with Crippen molar-refractivity contribution in [1.82, 2.24) is 9.97 Å². The van der Waals surface area contributed by atoms with Crippen molar-refractivity contribution in [1.29, 1.82) is 0 Å². The minimum absolute atomic E-state index is 0.0872. The molecule has 0 amide bonds. The van der Waals surface area contributed by atoms with Gasteiger partial charge in [-0.05, 0) is 68.6 Å². The number of nitro groups is 1. The smallest absolute Gasteiger partial charge is 0.332 e. The second-order valence-electron chi connectivity index (χ2n) is 8.69. The van der Waals surface area contributed by atoms with Crippen molar-refractivity contribution in [3.63, 3.8) is 0 Å². The van der Waals surface area contributed by atoms with Crippen molar-refractivity contribution in [2.75, 3.05) is 29.0 Å². The molecule has 31 heavy (non-hydrogen) atoms. The maximum absolute atomic E-state index is 11.6. The SMILES string of the molecule is Nc1nc(NCc2cccc(N3CCCC3)c2)nc(C[C@H]2CC[C@H](N)CC2)c1[N+](=O)[O-]. The number of nitrogens with one attached hydrogen (secondary N) is 1. The molecule has 1 aliphatic carbocycles. The summed E-state index contributed by atoms with van der Waals surface area (Å²) in [6.45, 7) is 2.71. The topological polar surface area (TPSA) is 136 Å². The molecule has 9 heteroatoms. The maximum atomic E-state index is 11.6. The Morgan fingerprint density at radius 3 is 2.61 bits per heavy atom. The molecule has 0 atom stereocenters. The number of hydrogen-bond acceptors (Lipinski definition) is 8. The van der Waals surface area contributed by atoms with Crippen LogP contribution in [0, 0.1) is 16.0 Å². The molecular weight excluding hydrogens is 394 g/mol. The predicted molar refractivity (Wildman–Crippen MR) is 122 cm³/mol. The molecule has 1 aromatic heterocycles. The largest absolute Gasteiger partial charge is 0.378 e. The molecule has 1 aromatic carbocycles. The van der Waals surface area contributed by atoms with E-state index in [0.29, 0.717) is 30.5 Å². The standard InChI is InChI=1S/C22H31N7O2/c23-17-8-6-15(7-9-17)13-19-20(29(30)31)21(24)27-22(26-19)25-14-16-4-3-5-18(12-16)28-10-1-2-11-28/h3-5,12,15,17H,1-2,6-11,13-14,23H2,(H3,24,25,26,27)/t15-,17-. The van der Waals surface area contributed by atoms with Gasteiger partial charge < -0.3 is 21.7 Å². The number of hydrogen-bond donors (Lipinski definition) is 3. The van der Waals surface area contributed by atoms with Crippen LogP contribution in [-0.2, 0) is 13.0 Å². The normalized spacial score (nSPS) is 21.3. The number of aromatic nitrogens is 2. The van der Waals surface area contributed by atoms with Gasteiger partial charge in [0.05, 0.1) is 4.92 Å². The summed E-state index contributed by atoms with van der Waals surface area (Å²) in [5.74, 6) is 0.575. The fraction of sp³-hybridized carbons (Fsp3) is 0.545. The van der Waals surface area contributed by atoms with Gasteiger partial charge in [-0.3, -0.25) is 10.1 Å². The van der Waals surface area contributed by atoms with E-state index in [9.17, 15) is 10.1 Å². The van der Waals surface area contributed by atoms with Crippen molar-refractivity contribution in [2.45, 2.75) is 57.5 Å². The van der Waals surface area contributed by atoms with Gasteiger partial charge in [0.1, 0.15) is 5.69 Å². The van der Waals surface area contributed by atoms with Gasteiger partial charge in [0.2, 0.25) is 11.8 Å². The Bertz CT molecular complexity index is 922.